The zero-order chi connectivity index (χ0) is 13.5. The molecule has 0 amide bonds. The van der Waals surface area contributed by atoms with Crippen molar-refractivity contribution in [1.82, 2.24) is 8.61 Å². The Bertz CT molecular complexity index is 295. The van der Waals surface area contributed by atoms with E-state index < -0.39 is 10.2 Å². The minimum atomic E-state index is -3.47. The quantitative estimate of drug-likeness (QED) is 0.634. The second-order valence-corrected chi connectivity index (χ2v) is 5.90. The Labute approximate surface area is 104 Å². The summed E-state index contributed by atoms with van der Waals surface area (Å²) in [4.78, 5) is 0. The zero-order valence-electron chi connectivity index (χ0n) is 11.1. The lowest BCUT2D eigenvalue weighted by molar-refractivity contribution is 0.139. The Morgan fingerprint density at radius 2 is 2.00 bits per heavy atom. The Morgan fingerprint density at radius 1 is 1.41 bits per heavy atom. The number of likely N-dealkylation sites (N-methyl/N-ethyl adjacent to an activating group) is 1. The summed E-state index contributed by atoms with van der Waals surface area (Å²) in [5, 5.41) is 8.71. The summed E-state index contributed by atoms with van der Waals surface area (Å²) in [6.45, 7) is 4.67. The molecule has 0 aliphatic carbocycles. The summed E-state index contributed by atoms with van der Waals surface area (Å²) >= 11 is 0. The average molecular weight is 268 g/mol. The highest BCUT2D eigenvalue weighted by Gasteiger charge is 2.29. The molecule has 0 rings (SSSR count). The minimum absolute atomic E-state index is 0.0143. The van der Waals surface area contributed by atoms with Crippen LogP contribution in [0.4, 0.5) is 0 Å². The van der Waals surface area contributed by atoms with E-state index in [4.69, 9.17) is 9.84 Å². The first-order valence-electron chi connectivity index (χ1n) is 5.74. The molecule has 0 aliphatic heterocycles. The monoisotopic (exact) mass is 268 g/mol. The SMILES string of the molecule is CCN(C(C)COC)S(=O)(=O)N(C)CCCO. The van der Waals surface area contributed by atoms with E-state index >= 15 is 0 Å². The molecule has 0 aromatic heterocycles. The maximum Gasteiger partial charge on any atom is 0.282 e. The molecule has 1 atom stereocenters. The predicted octanol–water partition coefficient (Wildman–Crippen LogP) is -0.0978. The van der Waals surface area contributed by atoms with Gasteiger partial charge in [-0.25, -0.2) is 0 Å². The van der Waals surface area contributed by atoms with E-state index in [9.17, 15) is 8.42 Å². The molecule has 1 unspecified atom stereocenters. The topological polar surface area (TPSA) is 70.1 Å². The number of hydrogen-bond acceptors (Lipinski definition) is 4. The van der Waals surface area contributed by atoms with Gasteiger partial charge in [0.15, 0.2) is 0 Å². The third kappa shape index (κ3) is 4.89. The molecule has 0 heterocycles. The van der Waals surface area contributed by atoms with Crippen molar-refractivity contribution < 1.29 is 18.3 Å². The molecule has 0 aromatic rings. The van der Waals surface area contributed by atoms with Crippen LogP contribution in [0.15, 0.2) is 0 Å². The van der Waals surface area contributed by atoms with E-state index in [0.717, 1.165) is 0 Å². The van der Waals surface area contributed by atoms with Gasteiger partial charge in [0.25, 0.3) is 10.2 Å². The van der Waals surface area contributed by atoms with E-state index in [2.05, 4.69) is 0 Å². The van der Waals surface area contributed by atoms with Crippen LogP contribution < -0.4 is 0 Å². The molecule has 0 spiro atoms. The molecule has 0 fully saturated rings. The lowest BCUT2D eigenvalue weighted by atomic mass is 10.4. The maximum atomic E-state index is 12.2. The smallest absolute Gasteiger partial charge is 0.282 e. The molecule has 104 valence electrons. The maximum absolute atomic E-state index is 12.2. The van der Waals surface area contributed by atoms with Crippen LogP contribution >= 0.6 is 0 Å². The fraction of sp³-hybridized carbons (Fsp3) is 1.00. The summed E-state index contributed by atoms with van der Waals surface area (Å²) in [5.41, 5.74) is 0. The van der Waals surface area contributed by atoms with Gasteiger partial charge in [0, 0.05) is 39.9 Å². The van der Waals surface area contributed by atoms with Crippen LogP contribution in [-0.4, -0.2) is 68.6 Å². The van der Waals surface area contributed by atoms with Crippen LogP contribution in [0.2, 0.25) is 0 Å². The number of ether oxygens (including phenoxy) is 1. The van der Waals surface area contributed by atoms with Crippen LogP contribution in [0.25, 0.3) is 0 Å². The summed E-state index contributed by atoms with van der Waals surface area (Å²) in [5.74, 6) is 0. The lowest BCUT2D eigenvalue weighted by Gasteiger charge is -2.30. The number of rotatable bonds is 9. The zero-order valence-corrected chi connectivity index (χ0v) is 11.9. The molecule has 0 aliphatic rings. The molecule has 0 bridgehead atoms. The van der Waals surface area contributed by atoms with Crippen LogP contribution in [0.3, 0.4) is 0 Å². The molecule has 17 heavy (non-hydrogen) atoms. The first-order valence-corrected chi connectivity index (χ1v) is 7.14. The van der Waals surface area contributed by atoms with Crippen molar-refractivity contribution in [2.75, 3.05) is 40.5 Å². The van der Waals surface area contributed by atoms with Crippen LogP contribution in [-0.2, 0) is 14.9 Å². The third-order valence-corrected chi connectivity index (χ3v) is 4.71. The standard InChI is InChI=1S/C10H24N2O4S/c1-5-12(10(2)9-16-4)17(14,15)11(3)7-6-8-13/h10,13H,5-9H2,1-4H3. The van der Waals surface area contributed by atoms with Crippen molar-refractivity contribution in [3.63, 3.8) is 0 Å². The van der Waals surface area contributed by atoms with Gasteiger partial charge in [-0.3, -0.25) is 0 Å². The first kappa shape index (κ1) is 16.8. The first-order chi connectivity index (χ1) is 7.91. The Hall–Kier alpha value is -0.210. The van der Waals surface area contributed by atoms with Gasteiger partial charge in [-0.2, -0.15) is 17.0 Å². The summed E-state index contributed by atoms with van der Waals surface area (Å²) in [7, 11) is -0.400. The van der Waals surface area contributed by atoms with Gasteiger partial charge >= 0.3 is 0 Å². The second kappa shape index (κ2) is 7.99. The Morgan fingerprint density at radius 3 is 2.41 bits per heavy atom. The molecule has 1 N–H and O–H groups in total. The lowest BCUT2D eigenvalue weighted by Crippen LogP contribution is -2.48. The van der Waals surface area contributed by atoms with Gasteiger partial charge in [-0.1, -0.05) is 6.92 Å². The summed E-state index contributed by atoms with van der Waals surface area (Å²) in [6, 6.07) is -0.202. The molecule has 0 radical (unpaired) electrons. The fourth-order valence-electron chi connectivity index (χ4n) is 1.61. The van der Waals surface area contributed by atoms with Gasteiger partial charge in [-0.05, 0) is 13.3 Å². The van der Waals surface area contributed by atoms with Crippen LogP contribution in [0.1, 0.15) is 20.3 Å². The van der Waals surface area contributed by atoms with Gasteiger partial charge in [-0.15, -0.1) is 0 Å². The molecule has 6 nitrogen and oxygen atoms in total. The van der Waals surface area contributed by atoms with Crippen molar-refractivity contribution >= 4 is 10.2 Å². The highest BCUT2D eigenvalue weighted by Crippen LogP contribution is 2.11. The van der Waals surface area contributed by atoms with Crippen LogP contribution in [0.5, 0.6) is 0 Å². The molecule has 7 heteroatoms. The molecular weight excluding hydrogens is 244 g/mol. The van der Waals surface area contributed by atoms with Crippen molar-refractivity contribution in [3.8, 4) is 0 Å². The van der Waals surface area contributed by atoms with Crippen molar-refractivity contribution in [3.05, 3.63) is 0 Å². The normalized spacial score (nSPS) is 14.5. The van der Waals surface area contributed by atoms with Crippen molar-refractivity contribution in [1.29, 1.82) is 0 Å². The summed E-state index contributed by atoms with van der Waals surface area (Å²) in [6.07, 6.45) is 0.436. The number of methoxy groups -OCH3 is 1. The van der Waals surface area contributed by atoms with Gasteiger partial charge in [0.2, 0.25) is 0 Å². The molecule has 0 saturated heterocycles. The van der Waals surface area contributed by atoms with Crippen LogP contribution in [0, 0.1) is 0 Å². The van der Waals surface area contributed by atoms with Gasteiger partial charge in [0.1, 0.15) is 0 Å². The van der Waals surface area contributed by atoms with E-state index in [0.29, 0.717) is 26.1 Å². The van der Waals surface area contributed by atoms with E-state index in [1.54, 1.807) is 14.0 Å². The van der Waals surface area contributed by atoms with Crippen molar-refractivity contribution in [2.45, 2.75) is 26.3 Å². The number of nitrogens with zero attached hydrogens (tertiary/aromatic N) is 2. The Balaban J connectivity index is 4.73. The van der Waals surface area contributed by atoms with E-state index in [1.165, 1.54) is 15.7 Å². The summed E-state index contributed by atoms with van der Waals surface area (Å²) < 4.78 is 32.0. The highest BCUT2D eigenvalue weighted by atomic mass is 32.2. The van der Waals surface area contributed by atoms with Crippen molar-refractivity contribution in [2.24, 2.45) is 0 Å². The molecular formula is C10H24N2O4S. The minimum Gasteiger partial charge on any atom is -0.396 e. The van der Waals surface area contributed by atoms with E-state index in [1.807, 2.05) is 6.92 Å². The average Bonchev–Trinajstić information content (AvgIpc) is 2.26. The second-order valence-electron chi connectivity index (χ2n) is 3.91. The largest absolute Gasteiger partial charge is 0.396 e. The van der Waals surface area contributed by atoms with E-state index in [-0.39, 0.29) is 12.6 Å². The predicted molar refractivity (Wildman–Crippen MR) is 67.0 cm³/mol. The number of aliphatic hydroxyl groups excluding tert-OH is 1. The molecule has 0 aromatic carbocycles. The Kier molecular flexibility index (Phi) is 7.89. The number of hydrogen-bond donors (Lipinski definition) is 1. The van der Waals surface area contributed by atoms with Gasteiger partial charge in [0.05, 0.1) is 6.61 Å². The number of aliphatic hydroxyl groups is 1. The molecule has 0 saturated carbocycles. The fourth-order valence-corrected chi connectivity index (χ4v) is 3.17. The van der Waals surface area contributed by atoms with Gasteiger partial charge < -0.3 is 9.84 Å². The third-order valence-electron chi connectivity index (χ3n) is 2.53. The highest BCUT2D eigenvalue weighted by molar-refractivity contribution is 7.86.